The zero-order valence-electron chi connectivity index (χ0n) is 8.83. The number of rotatable bonds is 5. The van der Waals surface area contributed by atoms with Crippen LogP contribution in [-0.4, -0.2) is 12.6 Å². The van der Waals surface area contributed by atoms with Gasteiger partial charge in [0.2, 0.25) is 0 Å². The summed E-state index contributed by atoms with van der Waals surface area (Å²) >= 11 is 2.23. The number of benzene rings is 1. The molecule has 0 atom stereocenters. The summed E-state index contributed by atoms with van der Waals surface area (Å²) in [5.74, 6) is -0.132. The molecule has 1 aromatic carbocycles. The van der Waals surface area contributed by atoms with E-state index in [0.717, 1.165) is 22.0 Å². The third-order valence-electron chi connectivity index (χ3n) is 2.05. The van der Waals surface area contributed by atoms with Crippen molar-refractivity contribution < 1.29 is 9.53 Å². The summed E-state index contributed by atoms with van der Waals surface area (Å²) in [6.07, 6.45) is 2.37. The van der Waals surface area contributed by atoms with Crippen LogP contribution in [0.15, 0.2) is 24.3 Å². The molecule has 15 heavy (non-hydrogen) atoms. The highest BCUT2D eigenvalue weighted by Gasteiger charge is 2.06. The lowest BCUT2D eigenvalue weighted by molar-refractivity contribution is -0.142. The lowest BCUT2D eigenvalue weighted by atomic mass is 10.2. The van der Waals surface area contributed by atoms with E-state index in [4.69, 9.17) is 4.74 Å². The first kappa shape index (κ1) is 12.5. The molecule has 0 aliphatic rings. The molecule has 0 saturated heterocycles. The van der Waals surface area contributed by atoms with E-state index >= 15 is 0 Å². The van der Waals surface area contributed by atoms with E-state index in [0.29, 0.717) is 13.0 Å². The first-order valence-corrected chi connectivity index (χ1v) is 6.21. The summed E-state index contributed by atoms with van der Waals surface area (Å²) in [6, 6.07) is 7.86. The predicted octanol–water partition coefficient (Wildman–Crippen LogP) is 3.18. The largest absolute Gasteiger partial charge is 0.465 e. The van der Waals surface area contributed by atoms with Crippen molar-refractivity contribution >= 4 is 28.6 Å². The minimum Gasteiger partial charge on any atom is -0.465 e. The molecule has 2 nitrogen and oxygen atoms in total. The Morgan fingerprint density at radius 2 is 2.13 bits per heavy atom. The minimum absolute atomic E-state index is 0.132. The van der Waals surface area contributed by atoms with Crippen molar-refractivity contribution in [3.8, 4) is 0 Å². The number of halogens is 1. The van der Waals surface area contributed by atoms with Gasteiger partial charge in [0.1, 0.15) is 0 Å². The highest BCUT2D eigenvalue weighted by atomic mass is 127. The number of esters is 1. The van der Waals surface area contributed by atoms with E-state index in [9.17, 15) is 4.79 Å². The fourth-order valence-corrected chi connectivity index (χ4v) is 1.76. The van der Waals surface area contributed by atoms with Gasteiger partial charge < -0.3 is 4.74 Å². The van der Waals surface area contributed by atoms with Gasteiger partial charge in [0.05, 0.1) is 13.0 Å². The Bertz CT molecular complexity index is 323. The van der Waals surface area contributed by atoms with E-state index < -0.39 is 0 Å². The third-order valence-corrected chi connectivity index (χ3v) is 3.11. The summed E-state index contributed by atoms with van der Waals surface area (Å²) < 4.78 is 6.21. The van der Waals surface area contributed by atoms with Crippen molar-refractivity contribution in [1.29, 1.82) is 0 Å². The van der Waals surface area contributed by atoms with E-state index in [1.807, 2.05) is 24.3 Å². The smallest absolute Gasteiger partial charge is 0.310 e. The second-order valence-electron chi connectivity index (χ2n) is 3.34. The molecular formula is C12H15IO2. The van der Waals surface area contributed by atoms with E-state index in [1.54, 1.807) is 0 Å². The van der Waals surface area contributed by atoms with Crippen LogP contribution in [-0.2, 0) is 16.0 Å². The molecule has 0 saturated carbocycles. The molecule has 0 aromatic heterocycles. The molecule has 0 heterocycles. The lowest BCUT2D eigenvalue weighted by Crippen LogP contribution is -2.09. The summed E-state index contributed by atoms with van der Waals surface area (Å²) in [6.45, 7) is 2.62. The van der Waals surface area contributed by atoms with Gasteiger partial charge in [-0.05, 0) is 40.6 Å². The van der Waals surface area contributed by atoms with E-state index in [-0.39, 0.29) is 5.97 Å². The molecule has 0 aliphatic carbocycles. The van der Waals surface area contributed by atoms with Gasteiger partial charge in [-0.3, -0.25) is 4.79 Å². The van der Waals surface area contributed by atoms with Crippen LogP contribution in [0.4, 0.5) is 0 Å². The summed E-state index contributed by atoms with van der Waals surface area (Å²) in [7, 11) is 0. The average molecular weight is 318 g/mol. The Hall–Kier alpha value is -0.580. The predicted molar refractivity (Wildman–Crippen MR) is 68.7 cm³/mol. The van der Waals surface area contributed by atoms with Gasteiger partial charge in [0.15, 0.2) is 0 Å². The Balaban J connectivity index is 2.41. The molecule has 0 fully saturated rings. The van der Waals surface area contributed by atoms with Gasteiger partial charge in [-0.1, -0.05) is 31.5 Å². The number of carbonyl (C=O) groups is 1. The van der Waals surface area contributed by atoms with E-state index in [1.165, 1.54) is 0 Å². The summed E-state index contributed by atoms with van der Waals surface area (Å²) in [5, 5.41) is 0. The molecule has 0 N–H and O–H groups in total. The highest BCUT2D eigenvalue weighted by molar-refractivity contribution is 14.1. The van der Waals surface area contributed by atoms with Crippen LogP contribution in [0.25, 0.3) is 0 Å². The maximum Gasteiger partial charge on any atom is 0.310 e. The first-order valence-electron chi connectivity index (χ1n) is 5.13. The van der Waals surface area contributed by atoms with Crippen molar-refractivity contribution in [2.45, 2.75) is 26.2 Å². The second kappa shape index (κ2) is 6.82. The Morgan fingerprint density at radius 1 is 1.40 bits per heavy atom. The van der Waals surface area contributed by atoms with Crippen molar-refractivity contribution in [2.75, 3.05) is 6.61 Å². The molecule has 0 amide bonds. The topological polar surface area (TPSA) is 26.3 Å². The van der Waals surface area contributed by atoms with Crippen LogP contribution in [0, 0.1) is 3.57 Å². The number of carbonyl (C=O) groups excluding carboxylic acids is 1. The number of unbranched alkanes of at least 4 members (excludes halogenated alkanes) is 1. The van der Waals surface area contributed by atoms with Gasteiger partial charge >= 0.3 is 5.97 Å². The summed E-state index contributed by atoms with van der Waals surface area (Å²) in [5.41, 5.74) is 1.04. The number of hydrogen-bond acceptors (Lipinski definition) is 2. The monoisotopic (exact) mass is 318 g/mol. The lowest BCUT2D eigenvalue weighted by Gasteiger charge is -2.05. The minimum atomic E-state index is -0.132. The molecule has 0 radical (unpaired) electrons. The fraction of sp³-hybridized carbons (Fsp3) is 0.417. The van der Waals surface area contributed by atoms with Crippen LogP contribution < -0.4 is 0 Å². The molecule has 1 rings (SSSR count). The zero-order chi connectivity index (χ0) is 11.1. The maximum atomic E-state index is 11.4. The van der Waals surface area contributed by atoms with Crippen LogP contribution in [0.5, 0.6) is 0 Å². The van der Waals surface area contributed by atoms with Crippen LogP contribution in [0.1, 0.15) is 25.3 Å². The SMILES string of the molecule is CCCCOC(=O)Cc1ccccc1I. The maximum absolute atomic E-state index is 11.4. The molecule has 1 aromatic rings. The van der Waals surface area contributed by atoms with Gasteiger partial charge in [-0.25, -0.2) is 0 Å². The highest BCUT2D eigenvalue weighted by Crippen LogP contribution is 2.12. The van der Waals surface area contributed by atoms with Crippen LogP contribution >= 0.6 is 22.6 Å². The van der Waals surface area contributed by atoms with Crippen LogP contribution in [0.3, 0.4) is 0 Å². The molecule has 0 aliphatic heterocycles. The van der Waals surface area contributed by atoms with Gasteiger partial charge in [0.25, 0.3) is 0 Å². The summed E-state index contributed by atoms with van der Waals surface area (Å²) in [4.78, 5) is 11.4. The average Bonchev–Trinajstić information content (AvgIpc) is 2.22. The molecule has 0 unspecified atom stereocenters. The quantitative estimate of drug-likeness (QED) is 0.473. The molecular weight excluding hydrogens is 303 g/mol. The second-order valence-corrected chi connectivity index (χ2v) is 4.50. The van der Waals surface area contributed by atoms with Gasteiger partial charge in [-0.2, -0.15) is 0 Å². The zero-order valence-corrected chi connectivity index (χ0v) is 11.0. The van der Waals surface area contributed by atoms with Crippen LogP contribution in [0.2, 0.25) is 0 Å². The first-order chi connectivity index (χ1) is 7.24. The third kappa shape index (κ3) is 4.64. The van der Waals surface area contributed by atoms with Gasteiger partial charge in [0, 0.05) is 3.57 Å². The molecule has 3 heteroatoms. The Kier molecular flexibility index (Phi) is 5.68. The van der Waals surface area contributed by atoms with Crippen molar-refractivity contribution in [2.24, 2.45) is 0 Å². The molecule has 82 valence electrons. The van der Waals surface area contributed by atoms with E-state index in [2.05, 4.69) is 29.5 Å². The Labute approximate surface area is 104 Å². The Morgan fingerprint density at radius 3 is 2.80 bits per heavy atom. The van der Waals surface area contributed by atoms with Crippen molar-refractivity contribution in [3.63, 3.8) is 0 Å². The fourth-order valence-electron chi connectivity index (χ4n) is 1.18. The van der Waals surface area contributed by atoms with Gasteiger partial charge in [-0.15, -0.1) is 0 Å². The number of hydrogen-bond donors (Lipinski definition) is 0. The molecule has 0 spiro atoms. The normalized spacial score (nSPS) is 10.0. The standard InChI is InChI=1S/C12H15IO2/c1-2-3-8-15-12(14)9-10-6-4-5-7-11(10)13/h4-7H,2-3,8-9H2,1H3. The van der Waals surface area contributed by atoms with Crippen molar-refractivity contribution in [3.05, 3.63) is 33.4 Å². The number of ether oxygens (including phenoxy) is 1. The molecule has 0 bridgehead atoms. The van der Waals surface area contributed by atoms with Crippen molar-refractivity contribution in [1.82, 2.24) is 0 Å².